The highest BCUT2D eigenvalue weighted by Crippen LogP contribution is 2.59. The number of methoxy groups -OCH3 is 2. The minimum Gasteiger partial charge on any atom is -0.497 e. The van der Waals surface area contributed by atoms with Gasteiger partial charge in [0.2, 0.25) is 0 Å². The Morgan fingerprint density at radius 1 is 1.20 bits per heavy atom. The van der Waals surface area contributed by atoms with Crippen LogP contribution in [0.3, 0.4) is 0 Å². The van der Waals surface area contributed by atoms with Gasteiger partial charge in [-0.25, -0.2) is 0 Å². The molecule has 0 bridgehead atoms. The predicted octanol–water partition coefficient (Wildman–Crippen LogP) is 2.76. The van der Waals surface area contributed by atoms with Crippen LogP contribution in [0, 0.1) is 10.1 Å². The Bertz CT molecular complexity index is 1040. The van der Waals surface area contributed by atoms with E-state index in [1.165, 1.54) is 0 Å². The summed E-state index contributed by atoms with van der Waals surface area (Å²) in [5.41, 5.74) is 0.718. The molecule has 8 nitrogen and oxygen atoms in total. The number of nitro groups is 1. The van der Waals surface area contributed by atoms with Crippen molar-refractivity contribution in [3.05, 3.63) is 63.7 Å². The molecule has 5 rings (SSSR count). The van der Waals surface area contributed by atoms with Crippen molar-refractivity contribution >= 4 is 11.6 Å². The Morgan fingerprint density at radius 2 is 2.00 bits per heavy atom. The number of amides is 1. The smallest absolute Gasteiger partial charge is 0.256 e. The number of carbonyl (C=O) groups is 1. The van der Waals surface area contributed by atoms with Crippen molar-refractivity contribution < 1.29 is 19.2 Å². The fourth-order valence-electron chi connectivity index (χ4n) is 5.85. The summed E-state index contributed by atoms with van der Waals surface area (Å²) in [6, 6.07) is 11.4. The fraction of sp³-hybridized carbons (Fsp3) is 0.409. The molecule has 0 radical (unpaired) electrons. The number of hydrogen-bond acceptors (Lipinski definition) is 6. The Labute approximate surface area is 173 Å². The molecular weight excluding hydrogens is 386 g/mol. The number of ether oxygens (including phenoxy) is 2. The fourth-order valence-corrected chi connectivity index (χ4v) is 5.85. The summed E-state index contributed by atoms with van der Waals surface area (Å²) >= 11 is 0. The number of nitrogens with one attached hydrogen (secondary N) is 1. The lowest BCUT2D eigenvalue weighted by atomic mass is 9.77. The Kier molecular flexibility index (Phi) is 4.21. The molecule has 3 aliphatic rings. The molecule has 2 saturated heterocycles. The molecule has 2 aromatic rings. The van der Waals surface area contributed by atoms with Crippen molar-refractivity contribution in [2.45, 2.75) is 36.4 Å². The molecule has 3 aliphatic heterocycles. The van der Waals surface area contributed by atoms with Crippen molar-refractivity contribution in [3.8, 4) is 11.5 Å². The maximum absolute atomic E-state index is 13.5. The number of anilines is 1. The number of hydrogen-bond donors (Lipinski definition) is 1. The molecule has 1 amide bonds. The first-order valence-electron chi connectivity index (χ1n) is 10.1. The molecule has 4 atom stereocenters. The molecule has 0 saturated carbocycles. The lowest BCUT2D eigenvalue weighted by molar-refractivity contribution is -0.534. The molecule has 0 aromatic heterocycles. The first kappa shape index (κ1) is 18.9. The van der Waals surface area contributed by atoms with Gasteiger partial charge in [-0.05, 0) is 37.1 Å². The van der Waals surface area contributed by atoms with Crippen molar-refractivity contribution in [2.24, 2.45) is 0 Å². The second-order valence-electron chi connectivity index (χ2n) is 8.03. The molecule has 1 N–H and O–H groups in total. The van der Waals surface area contributed by atoms with Crippen LogP contribution in [0.25, 0.3) is 0 Å². The summed E-state index contributed by atoms with van der Waals surface area (Å²) in [6.45, 7) is 0.638. The second-order valence-corrected chi connectivity index (χ2v) is 8.03. The molecule has 2 aromatic carbocycles. The second kappa shape index (κ2) is 6.70. The third-order valence-corrected chi connectivity index (χ3v) is 6.89. The van der Waals surface area contributed by atoms with Crippen LogP contribution in [0.2, 0.25) is 0 Å². The Hall–Kier alpha value is -3.13. The van der Waals surface area contributed by atoms with Gasteiger partial charge in [0.15, 0.2) is 5.54 Å². The van der Waals surface area contributed by atoms with E-state index in [2.05, 4.69) is 10.2 Å². The number of carbonyl (C=O) groups excluding carboxylic acids is 1. The first-order valence-corrected chi connectivity index (χ1v) is 10.1. The van der Waals surface area contributed by atoms with Gasteiger partial charge in [-0.15, -0.1) is 0 Å². The van der Waals surface area contributed by atoms with E-state index in [0.29, 0.717) is 34.9 Å². The topological polar surface area (TPSA) is 93.9 Å². The molecule has 0 unspecified atom stereocenters. The molecule has 0 aliphatic carbocycles. The van der Waals surface area contributed by atoms with Crippen molar-refractivity contribution in [1.29, 1.82) is 0 Å². The number of nitrogens with zero attached hydrogens (tertiary/aromatic N) is 2. The van der Waals surface area contributed by atoms with E-state index in [1.807, 2.05) is 30.3 Å². The third-order valence-electron chi connectivity index (χ3n) is 6.89. The molecule has 1 spiro atoms. The maximum Gasteiger partial charge on any atom is 0.256 e. The Balaban J connectivity index is 1.77. The van der Waals surface area contributed by atoms with Gasteiger partial charge < -0.3 is 14.8 Å². The molecule has 156 valence electrons. The number of para-hydroxylation sites is 1. The van der Waals surface area contributed by atoms with Crippen LogP contribution in [-0.4, -0.2) is 48.6 Å². The lowest BCUT2D eigenvalue weighted by Gasteiger charge is -2.32. The van der Waals surface area contributed by atoms with E-state index in [-0.39, 0.29) is 16.9 Å². The third kappa shape index (κ3) is 2.28. The summed E-state index contributed by atoms with van der Waals surface area (Å²) < 4.78 is 11.0. The summed E-state index contributed by atoms with van der Waals surface area (Å²) in [5.74, 6) is 0.351. The zero-order valence-corrected chi connectivity index (χ0v) is 16.8. The molecule has 2 fully saturated rings. The molecular formula is C22H23N3O5. The highest BCUT2D eigenvalue weighted by Gasteiger charge is 2.73. The van der Waals surface area contributed by atoms with Gasteiger partial charge in [-0.3, -0.25) is 19.8 Å². The highest BCUT2D eigenvalue weighted by molar-refractivity contribution is 6.07. The lowest BCUT2D eigenvalue weighted by Crippen LogP contribution is -2.55. The van der Waals surface area contributed by atoms with E-state index in [9.17, 15) is 14.9 Å². The maximum atomic E-state index is 13.5. The molecule has 3 heterocycles. The quantitative estimate of drug-likeness (QED) is 0.617. The van der Waals surface area contributed by atoms with Crippen LogP contribution < -0.4 is 14.8 Å². The summed E-state index contributed by atoms with van der Waals surface area (Å²) in [6.07, 6.45) is 1.67. The van der Waals surface area contributed by atoms with Gasteiger partial charge in [-0.1, -0.05) is 18.2 Å². The van der Waals surface area contributed by atoms with Crippen LogP contribution in [0.1, 0.15) is 29.9 Å². The van der Waals surface area contributed by atoms with E-state index in [1.54, 1.807) is 26.4 Å². The van der Waals surface area contributed by atoms with Gasteiger partial charge in [0.05, 0.1) is 20.1 Å². The van der Waals surface area contributed by atoms with Crippen LogP contribution in [-0.2, 0) is 10.3 Å². The normalized spacial score (nSPS) is 29.5. The van der Waals surface area contributed by atoms with E-state index in [0.717, 1.165) is 12.8 Å². The van der Waals surface area contributed by atoms with E-state index >= 15 is 0 Å². The summed E-state index contributed by atoms with van der Waals surface area (Å²) in [5, 5.41) is 15.5. The SMILES string of the molecule is COc1ccc(OC)c([C@H]2[C@H]([N+](=O)[O-])[C@]3(C(=O)Nc4ccccc43)N3CCC[C@@H]23)c1. The average Bonchev–Trinajstić information content (AvgIpc) is 3.41. The van der Waals surface area contributed by atoms with Gasteiger partial charge in [-0.2, -0.15) is 0 Å². The monoisotopic (exact) mass is 409 g/mol. The summed E-state index contributed by atoms with van der Waals surface area (Å²) in [7, 11) is 3.12. The van der Waals surface area contributed by atoms with E-state index < -0.39 is 17.5 Å². The van der Waals surface area contributed by atoms with Crippen molar-refractivity contribution in [2.75, 3.05) is 26.1 Å². The van der Waals surface area contributed by atoms with Crippen LogP contribution in [0.5, 0.6) is 11.5 Å². The zero-order valence-electron chi connectivity index (χ0n) is 16.8. The number of rotatable bonds is 4. The van der Waals surface area contributed by atoms with E-state index in [4.69, 9.17) is 9.47 Å². The van der Waals surface area contributed by atoms with Crippen molar-refractivity contribution in [1.82, 2.24) is 4.90 Å². The zero-order chi connectivity index (χ0) is 21.0. The minimum absolute atomic E-state index is 0.140. The Morgan fingerprint density at radius 3 is 2.73 bits per heavy atom. The van der Waals surface area contributed by atoms with Crippen LogP contribution in [0.15, 0.2) is 42.5 Å². The largest absolute Gasteiger partial charge is 0.497 e. The van der Waals surface area contributed by atoms with Crippen LogP contribution in [0.4, 0.5) is 5.69 Å². The highest BCUT2D eigenvalue weighted by atomic mass is 16.6. The van der Waals surface area contributed by atoms with Gasteiger partial charge in [0.25, 0.3) is 11.9 Å². The number of benzene rings is 2. The number of fused-ring (bicyclic) bond motifs is 4. The molecule has 8 heteroatoms. The van der Waals surface area contributed by atoms with Gasteiger partial charge >= 0.3 is 0 Å². The standard InChI is InChI=1S/C22H23N3O5/c1-29-13-9-10-18(30-2)14(12-13)19-17-8-5-11-24(17)22(20(19)25(27)28)15-6-3-4-7-16(15)23-21(22)26/h3-4,6-7,9-10,12,17,19-20H,5,8,11H2,1-2H3,(H,23,26)/t17-,19+,20-,22+/m0/s1. The van der Waals surface area contributed by atoms with Crippen molar-refractivity contribution in [3.63, 3.8) is 0 Å². The van der Waals surface area contributed by atoms with Gasteiger partial charge in [0.1, 0.15) is 11.5 Å². The predicted molar refractivity (Wildman–Crippen MR) is 110 cm³/mol. The van der Waals surface area contributed by atoms with Gasteiger partial charge in [0, 0.05) is 34.3 Å². The van der Waals surface area contributed by atoms with Crippen LogP contribution >= 0.6 is 0 Å². The average molecular weight is 409 g/mol. The minimum atomic E-state index is -1.33. The summed E-state index contributed by atoms with van der Waals surface area (Å²) in [4.78, 5) is 27.9. The first-order chi connectivity index (χ1) is 14.5. The molecule has 30 heavy (non-hydrogen) atoms.